The third kappa shape index (κ3) is 3.50. The van der Waals surface area contributed by atoms with Gasteiger partial charge in [-0.05, 0) is 26.2 Å². The molecule has 88 valence electrons. The van der Waals surface area contributed by atoms with Crippen LogP contribution in [0.5, 0.6) is 0 Å². The molecule has 1 N–H and O–H groups in total. The predicted octanol–water partition coefficient (Wildman–Crippen LogP) is 2.18. The zero-order valence-corrected chi connectivity index (χ0v) is 10.1. The second-order valence-corrected chi connectivity index (χ2v) is 4.68. The Balaban J connectivity index is 2.80. The van der Waals surface area contributed by atoms with Crippen LogP contribution in [0, 0.1) is 5.82 Å². The SMILES string of the molecule is CN(C)CCSc1c(F)cccc1C(=O)O. The molecule has 0 heterocycles. The third-order valence-corrected chi connectivity index (χ3v) is 3.07. The maximum absolute atomic E-state index is 13.4. The molecule has 0 aliphatic carbocycles. The Labute approximate surface area is 98.3 Å². The number of aromatic carboxylic acids is 1. The molecule has 0 saturated carbocycles. The largest absolute Gasteiger partial charge is 0.478 e. The summed E-state index contributed by atoms with van der Waals surface area (Å²) in [6, 6.07) is 4.11. The fourth-order valence-electron chi connectivity index (χ4n) is 1.15. The fourth-order valence-corrected chi connectivity index (χ4v) is 2.33. The molecule has 0 saturated heterocycles. The normalized spacial score (nSPS) is 10.8. The van der Waals surface area contributed by atoms with E-state index < -0.39 is 11.8 Å². The first kappa shape index (κ1) is 13.0. The van der Waals surface area contributed by atoms with E-state index in [2.05, 4.69) is 0 Å². The van der Waals surface area contributed by atoms with Crippen molar-refractivity contribution in [2.75, 3.05) is 26.4 Å². The van der Waals surface area contributed by atoms with E-state index in [9.17, 15) is 9.18 Å². The van der Waals surface area contributed by atoms with Gasteiger partial charge in [0, 0.05) is 12.3 Å². The van der Waals surface area contributed by atoms with Crippen LogP contribution in [0.2, 0.25) is 0 Å². The molecular weight excluding hydrogens is 229 g/mol. The number of carboxylic acid groups (broad SMARTS) is 1. The molecule has 1 aromatic carbocycles. The highest BCUT2D eigenvalue weighted by Gasteiger charge is 2.14. The van der Waals surface area contributed by atoms with Crippen LogP contribution in [0.4, 0.5) is 4.39 Å². The van der Waals surface area contributed by atoms with E-state index in [0.717, 1.165) is 6.54 Å². The molecule has 0 bridgehead atoms. The number of carbonyl (C=O) groups is 1. The molecule has 5 heteroatoms. The number of hydrogen-bond acceptors (Lipinski definition) is 3. The van der Waals surface area contributed by atoms with E-state index in [4.69, 9.17) is 5.11 Å². The summed E-state index contributed by atoms with van der Waals surface area (Å²) in [5, 5.41) is 8.91. The van der Waals surface area contributed by atoms with Crippen LogP contribution in [-0.4, -0.2) is 42.4 Å². The standard InChI is InChI=1S/C11H14FNO2S/c1-13(2)6-7-16-10-8(11(14)15)4-3-5-9(10)12/h3-5H,6-7H2,1-2H3,(H,14,15). The number of rotatable bonds is 5. The molecule has 0 aliphatic rings. The summed E-state index contributed by atoms with van der Waals surface area (Å²) in [4.78, 5) is 13.1. The summed E-state index contributed by atoms with van der Waals surface area (Å²) in [5.41, 5.74) is 0.0313. The minimum absolute atomic E-state index is 0.0313. The van der Waals surface area contributed by atoms with Crippen molar-refractivity contribution in [1.29, 1.82) is 0 Å². The molecular formula is C11H14FNO2S. The zero-order valence-electron chi connectivity index (χ0n) is 9.24. The number of hydrogen-bond donors (Lipinski definition) is 1. The molecule has 0 unspecified atom stereocenters. The molecule has 0 fully saturated rings. The van der Waals surface area contributed by atoms with Crippen LogP contribution in [0.25, 0.3) is 0 Å². The average Bonchev–Trinajstić information content (AvgIpc) is 2.19. The van der Waals surface area contributed by atoms with Crippen LogP contribution in [-0.2, 0) is 0 Å². The van der Waals surface area contributed by atoms with Gasteiger partial charge in [-0.3, -0.25) is 0 Å². The first-order valence-electron chi connectivity index (χ1n) is 4.81. The van der Waals surface area contributed by atoms with Crippen molar-refractivity contribution in [2.24, 2.45) is 0 Å². The Hall–Kier alpha value is -1.07. The Morgan fingerprint density at radius 3 is 2.75 bits per heavy atom. The van der Waals surface area contributed by atoms with Gasteiger partial charge in [0.25, 0.3) is 0 Å². The van der Waals surface area contributed by atoms with E-state index in [1.807, 2.05) is 19.0 Å². The topological polar surface area (TPSA) is 40.5 Å². The van der Waals surface area contributed by atoms with Gasteiger partial charge in [-0.2, -0.15) is 0 Å². The lowest BCUT2D eigenvalue weighted by molar-refractivity contribution is 0.0692. The van der Waals surface area contributed by atoms with Crippen molar-refractivity contribution < 1.29 is 14.3 Å². The van der Waals surface area contributed by atoms with Crippen LogP contribution in [0.15, 0.2) is 23.1 Å². The van der Waals surface area contributed by atoms with E-state index >= 15 is 0 Å². The van der Waals surface area contributed by atoms with Crippen molar-refractivity contribution in [1.82, 2.24) is 4.90 Å². The second-order valence-electron chi connectivity index (χ2n) is 3.57. The first-order valence-corrected chi connectivity index (χ1v) is 5.80. The van der Waals surface area contributed by atoms with Crippen LogP contribution in [0.1, 0.15) is 10.4 Å². The van der Waals surface area contributed by atoms with Gasteiger partial charge in [-0.1, -0.05) is 6.07 Å². The summed E-state index contributed by atoms with van der Waals surface area (Å²) < 4.78 is 13.4. The summed E-state index contributed by atoms with van der Waals surface area (Å²) >= 11 is 1.23. The Morgan fingerprint density at radius 1 is 1.50 bits per heavy atom. The summed E-state index contributed by atoms with van der Waals surface area (Å²) in [6.07, 6.45) is 0. The molecule has 0 radical (unpaired) electrons. The van der Waals surface area contributed by atoms with Crippen LogP contribution in [0.3, 0.4) is 0 Å². The van der Waals surface area contributed by atoms with Crippen molar-refractivity contribution in [3.05, 3.63) is 29.6 Å². The molecule has 16 heavy (non-hydrogen) atoms. The molecule has 1 rings (SSSR count). The smallest absolute Gasteiger partial charge is 0.336 e. The first-order chi connectivity index (χ1) is 7.52. The van der Waals surface area contributed by atoms with Gasteiger partial charge < -0.3 is 10.0 Å². The Bertz CT molecular complexity index is 382. The number of carboxylic acids is 1. The lowest BCUT2D eigenvalue weighted by Gasteiger charge is -2.10. The minimum atomic E-state index is -1.09. The molecule has 0 atom stereocenters. The van der Waals surface area contributed by atoms with Crippen molar-refractivity contribution >= 4 is 17.7 Å². The van der Waals surface area contributed by atoms with Gasteiger partial charge >= 0.3 is 5.97 Å². The van der Waals surface area contributed by atoms with Gasteiger partial charge in [0.1, 0.15) is 5.82 Å². The number of nitrogens with zero attached hydrogens (tertiary/aromatic N) is 1. The second kappa shape index (κ2) is 5.86. The van der Waals surface area contributed by atoms with Crippen molar-refractivity contribution in [3.63, 3.8) is 0 Å². The molecule has 0 aromatic heterocycles. The molecule has 0 amide bonds. The van der Waals surface area contributed by atoms with Crippen LogP contribution >= 0.6 is 11.8 Å². The van der Waals surface area contributed by atoms with Crippen molar-refractivity contribution in [3.8, 4) is 0 Å². The van der Waals surface area contributed by atoms with E-state index in [0.29, 0.717) is 5.75 Å². The zero-order chi connectivity index (χ0) is 12.1. The van der Waals surface area contributed by atoms with E-state index in [1.54, 1.807) is 0 Å². The van der Waals surface area contributed by atoms with Gasteiger partial charge in [0.15, 0.2) is 0 Å². The van der Waals surface area contributed by atoms with Crippen molar-refractivity contribution in [2.45, 2.75) is 4.90 Å². The molecule has 0 aliphatic heterocycles. The lowest BCUT2D eigenvalue weighted by atomic mass is 10.2. The maximum atomic E-state index is 13.4. The number of benzene rings is 1. The highest BCUT2D eigenvalue weighted by atomic mass is 32.2. The van der Waals surface area contributed by atoms with Gasteiger partial charge in [-0.15, -0.1) is 11.8 Å². The predicted molar refractivity (Wildman–Crippen MR) is 62.6 cm³/mol. The summed E-state index contributed by atoms with van der Waals surface area (Å²) in [6.45, 7) is 0.776. The summed E-state index contributed by atoms with van der Waals surface area (Å²) in [7, 11) is 3.83. The van der Waals surface area contributed by atoms with E-state index in [1.165, 1.54) is 30.0 Å². The highest BCUT2D eigenvalue weighted by Crippen LogP contribution is 2.25. The molecule has 0 spiro atoms. The molecule has 1 aromatic rings. The monoisotopic (exact) mass is 243 g/mol. The Morgan fingerprint density at radius 2 is 2.19 bits per heavy atom. The maximum Gasteiger partial charge on any atom is 0.336 e. The third-order valence-electron chi connectivity index (χ3n) is 1.98. The quantitative estimate of drug-likeness (QED) is 0.805. The van der Waals surface area contributed by atoms with Gasteiger partial charge in [0.2, 0.25) is 0 Å². The summed E-state index contributed by atoms with van der Waals surface area (Å²) in [5.74, 6) is -0.899. The number of halogens is 1. The van der Waals surface area contributed by atoms with Gasteiger partial charge in [0.05, 0.1) is 10.5 Å². The Kier molecular flexibility index (Phi) is 4.76. The minimum Gasteiger partial charge on any atom is -0.478 e. The van der Waals surface area contributed by atoms with Gasteiger partial charge in [-0.25, -0.2) is 9.18 Å². The molecule has 3 nitrogen and oxygen atoms in total. The van der Waals surface area contributed by atoms with Crippen LogP contribution < -0.4 is 0 Å². The fraction of sp³-hybridized carbons (Fsp3) is 0.364. The highest BCUT2D eigenvalue weighted by molar-refractivity contribution is 7.99. The van der Waals surface area contributed by atoms with E-state index in [-0.39, 0.29) is 10.5 Å². The average molecular weight is 243 g/mol. The lowest BCUT2D eigenvalue weighted by Crippen LogP contribution is -2.15. The number of thioether (sulfide) groups is 1.